The lowest BCUT2D eigenvalue weighted by atomic mass is 10.1. The topological polar surface area (TPSA) is 22.8 Å². The van der Waals surface area contributed by atoms with Crippen LogP contribution in [0.25, 0.3) is 10.9 Å². The third kappa shape index (κ3) is 2.31. The Labute approximate surface area is 129 Å². The van der Waals surface area contributed by atoms with Gasteiger partial charge in [-0.1, -0.05) is 48.5 Å². The minimum atomic E-state index is 0.236. The standard InChI is InChI=1S/C19H17N3/c1-2-6-16(7-3-1)19(22-13-11-20-15-22)14-21-12-10-17-8-4-5-9-18(17)21/h1-13,15,19H,14H2. The van der Waals surface area contributed by atoms with E-state index in [1.165, 1.54) is 16.5 Å². The lowest BCUT2D eigenvalue weighted by Gasteiger charge is -2.20. The Morgan fingerprint density at radius 1 is 0.864 bits per heavy atom. The van der Waals surface area contributed by atoms with E-state index in [9.17, 15) is 0 Å². The Bertz CT molecular complexity index is 860. The molecule has 3 nitrogen and oxygen atoms in total. The van der Waals surface area contributed by atoms with Crippen LogP contribution in [0, 0.1) is 0 Å². The Hall–Kier alpha value is -2.81. The molecular weight excluding hydrogens is 270 g/mol. The molecule has 0 fully saturated rings. The number of aromatic nitrogens is 3. The second-order valence-electron chi connectivity index (χ2n) is 5.46. The van der Waals surface area contributed by atoms with Crippen LogP contribution in [0.3, 0.4) is 0 Å². The first kappa shape index (κ1) is 12.9. The summed E-state index contributed by atoms with van der Waals surface area (Å²) in [5.74, 6) is 0. The first-order valence-corrected chi connectivity index (χ1v) is 7.48. The highest BCUT2D eigenvalue weighted by molar-refractivity contribution is 5.79. The van der Waals surface area contributed by atoms with Crippen molar-refractivity contribution in [1.29, 1.82) is 0 Å². The summed E-state index contributed by atoms with van der Waals surface area (Å²) in [6.45, 7) is 0.883. The van der Waals surface area contributed by atoms with Crippen LogP contribution >= 0.6 is 0 Å². The van der Waals surface area contributed by atoms with Crippen molar-refractivity contribution in [2.24, 2.45) is 0 Å². The lowest BCUT2D eigenvalue weighted by molar-refractivity contribution is 0.502. The molecule has 1 unspecified atom stereocenters. The van der Waals surface area contributed by atoms with E-state index in [4.69, 9.17) is 0 Å². The summed E-state index contributed by atoms with van der Waals surface area (Å²) in [5, 5.41) is 1.28. The molecule has 22 heavy (non-hydrogen) atoms. The summed E-state index contributed by atoms with van der Waals surface area (Å²) < 4.78 is 4.48. The van der Waals surface area contributed by atoms with Crippen LogP contribution in [0.1, 0.15) is 11.6 Å². The van der Waals surface area contributed by atoms with E-state index in [2.05, 4.69) is 81.0 Å². The molecule has 0 spiro atoms. The van der Waals surface area contributed by atoms with Crippen molar-refractivity contribution in [3.63, 3.8) is 0 Å². The first-order valence-electron chi connectivity index (χ1n) is 7.48. The third-order valence-electron chi connectivity index (χ3n) is 4.12. The van der Waals surface area contributed by atoms with Gasteiger partial charge in [-0.2, -0.15) is 0 Å². The van der Waals surface area contributed by atoms with E-state index in [-0.39, 0.29) is 6.04 Å². The summed E-state index contributed by atoms with van der Waals surface area (Å²) >= 11 is 0. The molecule has 1 atom stereocenters. The number of para-hydroxylation sites is 1. The highest BCUT2D eigenvalue weighted by Crippen LogP contribution is 2.23. The monoisotopic (exact) mass is 287 g/mol. The fourth-order valence-corrected chi connectivity index (χ4v) is 2.99. The van der Waals surface area contributed by atoms with E-state index in [1.54, 1.807) is 0 Å². The van der Waals surface area contributed by atoms with Crippen LogP contribution in [-0.2, 0) is 6.54 Å². The van der Waals surface area contributed by atoms with Gasteiger partial charge in [0, 0.05) is 30.7 Å². The molecule has 0 saturated carbocycles. The number of hydrogen-bond donors (Lipinski definition) is 0. The van der Waals surface area contributed by atoms with Crippen molar-refractivity contribution in [2.75, 3.05) is 0 Å². The number of hydrogen-bond acceptors (Lipinski definition) is 1. The highest BCUT2D eigenvalue weighted by atomic mass is 15.1. The number of nitrogens with zero attached hydrogens (tertiary/aromatic N) is 3. The van der Waals surface area contributed by atoms with Crippen molar-refractivity contribution < 1.29 is 0 Å². The molecule has 2 heterocycles. The second-order valence-corrected chi connectivity index (χ2v) is 5.46. The Kier molecular flexibility index (Phi) is 3.24. The summed E-state index contributed by atoms with van der Waals surface area (Å²) in [5.41, 5.74) is 2.56. The smallest absolute Gasteiger partial charge is 0.0952 e. The molecule has 0 aliphatic carbocycles. The van der Waals surface area contributed by atoms with Crippen molar-refractivity contribution in [3.05, 3.63) is 91.1 Å². The van der Waals surface area contributed by atoms with Gasteiger partial charge in [0.25, 0.3) is 0 Å². The molecule has 2 aromatic carbocycles. The largest absolute Gasteiger partial charge is 0.345 e. The minimum absolute atomic E-state index is 0.236. The number of rotatable bonds is 4. The van der Waals surface area contributed by atoms with Gasteiger partial charge < -0.3 is 9.13 Å². The van der Waals surface area contributed by atoms with Crippen molar-refractivity contribution in [1.82, 2.24) is 14.1 Å². The maximum atomic E-state index is 4.21. The highest BCUT2D eigenvalue weighted by Gasteiger charge is 2.14. The van der Waals surface area contributed by atoms with E-state index in [0.717, 1.165) is 6.54 Å². The van der Waals surface area contributed by atoms with Gasteiger partial charge in [0.15, 0.2) is 0 Å². The average Bonchev–Trinajstić information content (AvgIpc) is 3.23. The Morgan fingerprint density at radius 3 is 2.50 bits per heavy atom. The van der Waals surface area contributed by atoms with Gasteiger partial charge in [-0.15, -0.1) is 0 Å². The van der Waals surface area contributed by atoms with Gasteiger partial charge in [0.1, 0.15) is 0 Å². The van der Waals surface area contributed by atoms with Crippen LogP contribution in [0.15, 0.2) is 85.6 Å². The van der Waals surface area contributed by atoms with Crippen molar-refractivity contribution in [2.45, 2.75) is 12.6 Å². The molecule has 0 aliphatic rings. The summed E-state index contributed by atoms with van der Waals surface area (Å²) in [4.78, 5) is 4.21. The molecule has 108 valence electrons. The van der Waals surface area contributed by atoms with Crippen molar-refractivity contribution in [3.8, 4) is 0 Å². The predicted octanol–water partition coefficient (Wildman–Crippen LogP) is 4.13. The summed E-state index contributed by atoms with van der Waals surface area (Å²) in [6, 6.07) is 21.5. The molecule has 0 amide bonds. The molecule has 0 radical (unpaired) electrons. The van der Waals surface area contributed by atoms with E-state index in [0.29, 0.717) is 0 Å². The van der Waals surface area contributed by atoms with Crippen LogP contribution < -0.4 is 0 Å². The van der Waals surface area contributed by atoms with Gasteiger partial charge in [-0.25, -0.2) is 4.98 Å². The summed E-state index contributed by atoms with van der Waals surface area (Å²) in [6.07, 6.45) is 7.92. The molecular formula is C19H17N3. The third-order valence-corrected chi connectivity index (χ3v) is 4.12. The number of imidazole rings is 1. The lowest BCUT2D eigenvalue weighted by Crippen LogP contribution is -2.15. The Balaban J connectivity index is 1.76. The van der Waals surface area contributed by atoms with Gasteiger partial charge in [-0.3, -0.25) is 0 Å². The van der Waals surface area contributed by atoms with Gasteiger partial charge in [0.05, 0.1) is 12.4 Å². The molecule has 0 saturated heterocycles. The SMILES string of the molecule is c1ccc(C(Cn2ccc3ccccc32)n2ccnc2)cc1. The molecule has 2 aromatic heterocycles. The quantitative estimate of drug-likeness (QED) is 0.553. The van der Waals surface area contributed by atoms with Gasteiger partial charge >= 0.3 is 0 Å². The van der Waals surface area contributed by atoms with Crippen molar-refractivity contribution >= 4 is 10.9 Å². The normalized spacial score (nSPS) is 12.5. The first-order chi connectivity index (χ1) is 10.9. The van der Waals surface area contributed by atoms with Crippen LogP contribution in [-0.4, -0.2) is 14.1 Å². The fourth-order valence-electron chi connectivity index (χ4n) is 2.99. The molecule has 4 aromatic rings. The van der Waals surface area contributed by atoms with Crippen LogP contribution in [0.2, 0.25) is 0 Å². The molecule has 3 heteroatoms. The van der Waals surface area contributed by atoms with Gasteiger partial charge in [0.2, 0.25) is 0 Å². The number of fused-ring (bicyclic) bond motifs is 1. The van der Waals surface area contributed by atoms with E-state index < -0.39 is 0 Å². The zero-order chi connectivity index (χ0) is 14.8. The zero-order valence-electron chi connectivity index (χ0n) is 12.2. The molecule has 4 rings (SSSR count). The number of benzene rings is 2. The zero-order valence-corrected chi connectivity index (χ0v) is 12.2. The predicted molar refractivity (Wildman–Crippen MR) is 88.7 cm³/mol. The van der Waals surface area contributed by atoms with E-state index >= 15 is 0 Å². The summed E-state index contributed by atoms with van der Waals surface area (Å²) in [7, 11) is 0. The maximum absolute atomic E-state index is 4.21. The molecule has 0 bridgehead atoms. The molecule has 0 N–H and O–H groups in total. The van der Waals surface area contributed by atoms with Crippen LogP contribution in [0.5, 0.6) is 0 Å². The Morgan fingerprint density at radius 2 is 1.68 bits per heavy atom. The minimum Gasteiger partial charge on any atom is -0.345 e. The fraction of sp³-hybridized carbons (Fsp3) is 0.105. The molecule has 0 aliphatic heterocycles. The van der Waals surface area contributed by atoms with Gasteiger partial charge in [-0.05, 0) is 23.1 Å². The van der Waals surface area contributed by atoms with Crippen LogP contribution in [0.4, 0.5) is 0 Å². The van der Waals surface area contributed by atoms with E-state index in [1.807, 2.05) is 18.7 Å². The average molecular weight is 287 g/mol. The maximum Gasteiger partial charge on any atom is 0.0952 e. The second kappa shape index (κ2) is 5.53.